The maximum absolute atomic E-state index is 8.89. The van der Waals surface area contributed by atoms with Gasteiger partial charge in [-0.25, -0.2) is 15.0 Å². The SMILES string of the molecule is CN(Cc1ncccn1)C1CCN(c2ncc(C#N)cc2Cl)C1. The van der Waals surface area contributed by atoms with Gasteiger partial charge >= 0.3 is 0 Å². The van der Waals surface area contributed by atoms with Gasteiger partial charge in [0.2, 0.25) is 0 Å². The highest BCUT2D eigenvalue weighted by atomic mass is 35.5. The summed E-state index contributed by atoms with van der Waals surface area (Å²) in [5.41, 5.74) is 0.479. The Morgan fingerprint density at radius 2 is 2.17 bits per heavy atom. The van der Waals surface area contributed by atoms with Gasteiger partial charge in [-0.2, -0.15) is 5.26 Å². The van der Waals surface area contributed by atoms with Crippen LogP contribution in [0.15, 0.2) is 30.7 Å². The van der Waals surface area contributed by atoms with E-state index in [2.05, 4.69) is 37.9 Å². The van der Waals surface area contributed by atoms with Crippen LogP contribution in [-0.4, -0.2) is 46.0 Å². The van der Waals surface area contributed by atoms with Crippen LogP contribution in [-0.2, 0) is 6.54 Å². The van der Waals surface area contributed by atoms with Gasteiger partial charge in [0.05, 0.1) is 17.1 Å². The molecule has 0 spiro atoms. The van der Waals surface area contributed by atoms with Crippen LogP contribution in [0, 0.1) is 11.3 Å². The molecule has 6 nitrogen and oxygen atoms in total. The summed E-state index contributed by atoms with van der Waals surface area (Å²) in [6, 6.07) is 5.93. The fourth-order valence-electron chi connectivity index (χ4n) is 2.78. The van der Waals surface area contributed by atoms with E-state index in [1.54, 1.807) is 24.7 Å². The van der Waals surface area contributed by atoms with Crippen LogP contribution in [0.4, 0.5) is 5.82 Å². The van der Waals surface area contributed by atoms with E-state index in [1.807, 2.05) is 6.07 Å². The molecule has 7 heteroatoms. The summed E-state index contributed by atoms with van der Waals surface area (Å²) in [6.45, 7) is 2.46. The lowest BCUT2D eigenvalue weighted by atomic mass is 10.2. The Morgan fingerprint density at radius 1 is 1.39 bits per heavy atom. The molecule has 1 fully saturated rings. The highest BCUT2D eigenvalue weighted by Gasteiger charge is 2.28. The van der Waals surface area contributed by atoms with Crippen molar-refractivity contribution in [3.05, 3.63) is 47.1 Å². The average Bonchev–Trinajstić information content (AvgIpc) is 3.05. The number of rotatable bonds is 4. The third-order valence-corrected chi connectivity index (χ3v) is 4.33. The summed E-state index contributed by atoms with van der Waals surface area (Å²) in [5.74, 6) is 1.57. The van der Waals surface area contributed by atoms with Crippen molar-refractivity contribution in [1.82, 2.24) is 19.9 Å². The van der Waals surface area contributed by atoms with E-state index in [0.29, 0.717) is 23.2 Å². The summed E-state index contributed by atoms with van der Waals surface area (Å²) in [5, 5.41) is 9.42. The molecule has 1 saturated heterocycles. The summed E-state index contributed by atoms with van der Waals surface area (Å²) < 4.78 is 0. The molecule has 1 atom stereocenters. The number of aromatic nitrogens is 3. The number of likely N-dealkylation sites (N-methyl/N-ethyl adjacent to an activating group) is 1. The van der Waals surface area contributed by atoms with Gasteiger partial charge in [0.1, 0.15) is 17.7 Å². The Bertz CT molecular complexity index is 714. The molecule has 0 aromatic carbocycles. The lowest BCUT2D eigenvalue weighted by molar-refractivity contribution is 0.244. The van der Waals surface area contributed by atoms with E-state index >= 15 is 0 Å². The third-order valence-electron chi connectivity index (χ3n) is 4.05. The number of nitrogens with zero attached hydrogens (tertiary/aromatic N) is 6. The third kappa shape index (κ3) is 3.58. The van der Waals surface area contributed by atoms with Crippen molar-refractivity contribution in [3.63, 3.8) is 0 Å². The molecular weight excluding hydrogens is 312 g/mol. The van der Waals surface area contributed by atoms with Crippen LogP contribution in [0.2, 0.25) is 5.02 Å². The van der Waals surface area contributed by atoms with Gasteiger partial charge in [-0.15, -0.1) is 0 Å². The average molecular weight is 329 g/mol. The molecule has 0 bridgehead atoms. The van der Waals surface area contributed by atoms with E-state index in [1.165, 1.54) is 0 Å². The molecule has 1 unspecified atom stereocenters. The van der Waals surface area contributed by atoms with Gasteiger partial charge in [0, 0.05) is 37.7 Å². The van der Waals surface area contributed by atoms with Crippen LogP contribution in [0.3, 0.4) is 0 Å². The van der Waals surface area contributed by atoms with Gasteiger partial charge < -0.3 is 4.90 Å². The van der Waals surface area contributed by atoms with E-state index in [4.69, 9.17) is 16.9 Å². The van der Waals surface area contributed by atoms with Gasteiger partial charge in [0.25, 0.3) is 0 Å². The first-order valence-corrected chi connectivity index (χ1v) is 7.82. The second kappa shape index (κ2) is 6.90. The minimum absolute atomic E-state index is 0.396. The van der Waals surface area contributed by atoms with E-state index in [-0.39, 0.29) is 0 Å². The van der Waals surface area contributed by atoms with Crippen LogP contribution in [0.25, 0.3) is 0 Å². The van der Waals surface area contributed by atoms with E-state index < -0.39 is 0 Å². The number of pyridine rings is 1. The van der Waals surface area contributed by atoms with Crippen LogP contribution in [0.1, 0.15) is 17.8 Å². The molecule has 0 aliphatic carbocycles. The highest BCUT2D eigenvalue weighted by Crippen LogP contribution is 2.28. The maximum atomic E-state index is 8.89. The van der Waals surface area contributed by atoms with Crippen molar-refractivity contribution in [1.29, 1.82) is 5.26 Å². The Labute approximate surface area is 140 Å². The minimum atomic E-state index is 0.396. The first-order chi connectivity index (χ1) is 11.2. The predicted octanol–water partition coefficient (Wildman–Crippen LogP) is 2.11. The standard InChI is InChI=1S/C16H17ClN6/c1-22(11-15-19-4-2-5-20-15)13-3-6-23(10-13)16-14(17)7-12(8-18)9-21-16/h2,4-5,7,9,13H,3,6,10-11H2,1H3. The molecule has 1 aliphatic heterocycles. The Morgan fingerprint density at radius 3 is 2.87 bits per heavy atom. The first-order valence-electron chi connectivity index (χ1n) is 7.44. The van der Waals surface area contributed by atoms with Crippen molar-refractivity contribution < 1.29 is 0 Å². The van der Waals surface area contributed by atoms with Crippen molar-refractivity contribution in [3.8, 4) is 6.07 Å². The lowest BCUT2D eigenvalue weighted by Crippen LogP contribution is -2.34. The number of hydrogen-bond acceptors (Lipinski definition) is 6. The van der Waals surface area contributed by atoms with Crippen molar-refractivity contribution >= 4 is 17.4 Å². The molecule has 0 saturated carbocycles. The molecule has 3 rings (SSSR count). The lowest BCUT2D eigenvalue weighted by Gasteiger charge is -2.24. The first kappa shape index (κ1) is 15.7. The molecule has 118 valence electrons. The molecule has 0 radical (unpaired) electrons. The summed E-state index contributed by atoms with van der Waals surface area (Å²) in [4.78, 5) is 17.3. The zero-order chi connectivity index (χ0) is 16.2. The second-order valence-corrected chi connectivity index (χ2v) is 6.02. The normalized spacial score (nSPS) is 17.5. The quantitative estimate of drug-likeness (QED) is 0.856. The summed E-state index contributed by atoms with van der Waals surface area (Å²) in [7, 11) is 2.08. The van der Waals surface area contributed by atoms with Crippen molar-refractivity contribution in [2.75, 3.05) is 25.0 Å². The fraction of sp³-hybridized carbons (Fsp3) is 0.375. The Balaban J connectivity index is 1.65. The topological polar surface area (TPSA) is 68.9 Å². The number of anilines is 1. The molecule has 2 aromatic rings. The molecule has 0 N–H and O–H groups in total. The number of hydrogen-bond donors (Lipinski definition) is 0. The molecule has 3 heterocycles. The van der Waals surface area contributed by atoms with Gasteiger partial charge in [0.15, 0.2) is 0 Å². The minimum Gasteiger partial charge on any atom is -0.354 e. The molecular formula is C16H17ClN6. The van der Waals surface area contributed by atoms with Crippen LogP contribution in [0.5, 0.6) is 0 Å². The zero-order valence-electron chi connectivity index (χ0n) is 12.9. The van der Waals surface area contributed by atoms with E-state index in [0.717, 1.165) is 31.2 Å². The predicted molar refractivity (Wildman–Crippen MR) is 88.1 cm³/mol. The van der Waals surface area contributed by atoms with Gasteiger partial charge in [-0.3, -0.25) is 4.90 Å². The number of nitriles is 1. The summed E-state index contributed by atoms with van der Waals surface area (Å²) >= 11 is 6.26. The van der Waals surface area contributed by atoms with Crippen molar-refractivity contribution in [2.45, 2.75) is 19.0 Å². The van der Waals surface area contributed by atoms with Crippen LogP contribution < -0.4 is 4.90 Å². The molecule has 0 amide bonds. The Hall–Kier alpha value is -2.23. The Kier molecular flexibility index (Phi) is 4.70. The largest absolute Gasteiger partial charge is 0.354 e. The van der Waals surface area contributed by atoms with Gasteiger partial charge in [-0.05, 0) is 25.6 Å². The van der Waals surface area contributed by atoms with Crippen LogP contribution >= 0.6 is 11.6 Å². The maximum Gasteiger partial charge on any atom is 0.147 e. The van der Waals surface area contributed by atoms with Gasteiger partial charge in [-0.1, -0.05) is 11.6 Å². The molecule has 2 aromatic heterocycles. The second-order valence-electron chi connectivity index (χ2n) is 5.61. The highest BCUT2D eigenvalue weighted by molar-refractivity contribution is 6.33. The van der Waals surface area contributed by atoms with E-state index in [9.17, 15) is 0 Å². The molecule has 1 aliphatic rings. The number of halogens is 1. The van der Waals surface area contributed by atoms with Crippen molar-refractivity contribution in [2.24, 2.45) is 0 Å². The zero-order valence-corrected chi connectivity index (χ0v) is 13.6. The smallest absolute Gasteiger partial charge is 0.147 e. The monoisotopic (exact) mass is 328 g/mol. The fourth-order valence-corrected chi connectivity index (χ4v) is 3.07. The molecule has 23 heavy (non-hydrogen) atoms. The summed E-state index contributed by atoms with van der Waals surface area (Å²) in [6.07, 6.45) is 6.12.